The lowest BCUT2D eigenvalue weighted by molar-refractivity contribution is -0.274. The maximum atomic E-state index is 13.7. The Labute approximate surface area is 207 Å². The molecular formula is C24H18ClF3N4O4. The number of aromatic nitrogens is 3. The zero-order chi connectivity index (χ0) is 25.4. The number of carbonyl (C=O) groups excluding carboxylic acids is 1. The molecule has 0 N–H and O–H groups in total. The summed E-state index contributed by atoms with van der Waals surface area (Å²) in [6.45, 7) is 2.04. The molecule has 186 valence electrons. The molecule has 4 aromatic rings. The fourth-order valence-electron chi connectivity index (χ4n) is 4.22. The van der Waals surface area contributed by atoms with Gasteiger partial charge in [0.2, 0.25) is 11.7 Å². The second-order valence-corrected chi connectivity index (χ2v) is 8.51. The Kier molecular flexibility index (Phi) is 6.17. The van der Waals surface area contributed by atoms with E-state index in [1.165, 1.54) is 18.2 Å². The minimum atomic E-state index is -4.88. The van der Waals surface area contributed by atoms with E-state index >= 15 is 0 Å². The lowest BCUT2D eigenvalue weighted by Gasteiger charge is -2.22. The fourth-order valence-corrected chi connectivity index (χ4v) is 4.44. The second kappa shape index (κ2) is 9.30. The molecule has 1 amide bonds. The monoisotopic (exact) mass is 518 g/mol. The van der Waals surface area contributed by atoms with Gasteiger partial charge in [0.15, 0.2) is 0 Å². The van der Waals surface area contributed by atoms with Gasteiger partial charge in [-0.2, -0.15) is 4.98 Å². The molecule has 0 spiro atoms. The molecule has 1 aliphatic heterocycles. The zero-order valence-electron chi connectivity index (χ0n) is 18.8. The van der Waals surface area contributed by atoms with Crippen molar-refractivity contribution >= 4 is 17.5 Å². The number of hydrogen-bond donors (Lipinski definition) is 0. The molecule has 0 aliphatic carbocycles. The van der Waals surface area contributed by atoms with Gasteiger partial charge < -0.3 is 18.7 Å². The van der Waals surface area contributed by atoms with Crippen molar-refractivity contribution in [1.82, 2.24) is 20.2 Å². The minimum Gasteiger partial charge on any atom is -0.405 e. The van der Waals surface area contributed by atoms with Crippen molar-refractivity contribution < 1.29 is 31.7 Å². The van der Waals surface area contributed by atoms with Gasteiger partial charge in [0, 0.05) is 12.1 Å². The SMILES string of the molecule is Cc1onc(-c2ccccc2Cl)c1C(=O)N1CCC[C@H]1c1nc(-c2ccccc2OC(F)(F)F)no1. The molecule has 2 aromatic carbocycles. The molecule has 0 unspecified atom stereocenters. The summed E-state index contributed by atoms with van der Waals surface area (Å²) < 4.78 is 53.3. The van der Waals surface area contributed by atoms with Gasteiger partial charge in [0.25, 0.3) is 5.91 Å². The van der Waals surface area contributed by atoms with Gasteiger partial charge in [0.1, 0.15) is 28.8 Å². The van der Waals surface area contributed by atoms with Crippen LogP contribution in [0.5, 0.6) is 5.75 Å². The first-order valence-electron chi connectivity index (χ1n) is 10.9. The number of benzene rings is 2. The number of para-hydroxylation sites is 1. The van der Waals surface area contributed by atoms with E-state index in [0.717, 1.165) is 6.07 Å². The summed E-state index contributed by atoms with van der Waals surface area (Å²) in [7, 11) is 0. The van der Waals surface area contributed by atoms with Crippen LogP contribution in [-0.4, -0.2) is 39.0 Å². The van der Waals surface area contributed by atoms with Crippen molar-refractivity contribution in [2.45, 2.75) is 32.2 Å². The Bertz CT molecular complexity index is 1420. The average molecular weight is 519 g/mol. The van der Waals surface area contributed by atoms with Crippen LogP contribution in [0.3, 0.4) is 0 Å². The Morgan fingerprint density at radius 3 is 2.56 bits per heavy atom. The second-order valence-electron chi connectivity index (χ2n) is 8.10. The molecule has 1 fully saturated rings. The van der Waals surface area contributed by atoms with Crippen molar-refractivity contribution in [1.29, 1.82) is 0 Å². The number of likely N-dealkylation sites (tertiary alicyclic amines) is 1. The van der Waals surface area contributed by atoms with Gasteiger partial charge >= 0.3 is 6.36 Å². The summed E-state index contributed by atoms with van der Waals surface area (Å²) in [4.78, 5) is 19.5. The van der Waals surface area contributed by atoms with E-state index < -0.39 is 18.2 Å². The van der Waals surface area contributed by atoms with Gasteiger partial charge in [-0.05, 0) is 38.0 Å². The van der Waals surface area contributed by atoms with Crippen LogP contribution in [0.4, 0.5) is 13.2 Å². The Morgan fingerprint density at radius 2 is 1.81 bits per heavy atom. The maximum Gasteiger partial charge on any atom is 0.573 e. The highest BCUT2D eigenvalue weighted by atomic mass is 35.5. The quantitative estimate of drug-likeness (QED) is 0.309. The first-order chi connectivity index (χ1) is 17.2. The Hall–Kier alpha value is -3.86. The highest BCUT2D eigenvalue weighted by molar-refractivity contribution is 6.33. The summed E-state index contributed by atoms with van der Waals surface area (Å²) in [5.41, 5.74) is 1.14. The Balaban J connectivity index is 1.46. The van der Waals surface area contributed by atoms with E-state index in [-0.39, 0.29) is 28.7 Å². The summed E-state index contributed by atoms with van der Waals surface area (Å²) in [5, 5.41) is 8.32. The predicted molar refractivity (Wildman–Crippen MR) is 121 cm³/mol. The van der Waals surface area contributed by atoms with Crippen LogP contribution in [0.15, 0.2) is 57.6 Å². The number of halogens is 4. The molecular weight excluding hydrogens is 501 g/mol. The molecule has 5 rings (SSSR count). The van der Waals surface area contributed by atoms with E-state index in [2.05, 4.69) is 20.0 Å². The van der Waals surface area contributed by atoms with Crippen molar-refractivity contribution in [3.8, 4) is 28.4 Å². The fraction of sp³-hybridized carbons (Fsp3) is 0.250. The molecule has 8 nitrogen and oxygen atoms in total. The van der Waals surface area contributed by atoms with Crippen LogP contribution >= 0.6 is 11.6 Å². The average Bonchev–Trinajstić information content (AvgIpc) is 3.58. The van der Waals surface area contributed by atoms with Crippen LogP contribution < -0.4 is 4.74 Å². The number of hydrogen-bond acceptors (Lipinski definition) is 7. The van der Waals surface area contributed by atoms with Gasteiger partial charge in [-0.1, -0.05) is 52.2 Å². The first kappa shape index (κ1) is 23.9. The molecule has 0 radical (unpaired) electrons. The number of amides is 1. The molecule has 1 saturated heterocycles. The van der Waals surface area contributed by atoms with Crippen LogP contribution in [0.25, 0.3) is 22.6 Å². The molecule has 3 heterocycles. The van der Waals surface area contributed by atoms with Crippen LogP contribution in [-0.2, 0) is 0 Å². The topological polar surface area (TPSA) is 94.5 Å². The summed E-state index contributed by atoms with van der Waals surface area (Å²) in [6.07, 6.45) is -3.69. The summed E-state index contributed by atoms with van der Waals surface area (Å²) in [6, 6.07) is 11.9. The molecule has 36 heavy (non-hydrogen) atoms. The van der Waals surface area contributed by atoms with E-state index in [9.17, 15) is 18.0 Å². The number of alkyl halides is 3. The number of nitrogens with zero attached hydrogens (tertiary/aromatic N) is 4. The van der Waals surface area contributed by atoms with Gasteiger partial charge in [-0.3, -0.25) is 4.79 Å². The largest absolute Gasteiger partial charge is 0.573 e. The predicted octanol–water partition coefficient (Wildman–Crippen LogP) is 6.23. The molecule has 1 atom stereocenters. The summed E-state index contributed by atoms with van der Waals surface area (Å²) >= 11 is 6.32. The normalized spacial score (nSPS) is 15.9. The van der Waals surface area contributed by atoms with Crippen molar-refractivity contribution in [2.24, 2.45) is 0 Å². The maximum absolute atomic E-state index is 13.7. The van der Waals surface area contributed by atoms with Crippen LogP contribution in [0, 0.1) is 6.92 Å². The Morgan fingerprint density at radius 1 is 1.08 bits per heavy atom. The number of aryl methyl sites for hydroxylation is 1. The molecule has 2 aromatic heterocycles. The third kappa shape index (κ3) is 4.53. The molecule has 0 saturated carbocycles. The highest BCUT2D eigenvalue weighted by Gasteiger charge is 2.38. The summed E-state index contributed by atoms with van der Waals surface area (Å²) in [5.74, 6) is -0.467. The third-order valence-electron chi connectivity index (χ3n) is 5.80. The van der Waals surface area contributed by atoms with E-state index in [0.29, 0.717) is 41.4 Å². The minimum absolute atomic E-state index is 0.0107. The van der Waals surface area contributed by atoms with Crippen molar-refractivity contribution in [3.63, 3.8) is 0 Å². The highest BCUT2D eigenvalue weighted by Crippen LogP contribution is 2.38. The van der Waals surface area contributed by atoms with E-state index in [4.69, 9.17) is 20.6 Å². The van der Waals surface area contributed by atoms with Crippen molar-refractivity contribution in [3.05, 3.63) is 70.8 Å². The number of carbonyl (C=O) groups is 1. The van der Waals surface area contributed by atoms with Crippen LogP contribution in [0.2, 0.25) is 5.02 Å². The molecule has 0 bridgehead atoms. The van der Waals surface area contributed by atoms with E-state index in [1.54, 1.807) is 36.1 Å². The molecule has 1 aliphatic rings. The van der Waals surface area contributed by atoms with Gasteiger partial charge in [-0.15, -0.1) is 13.2 Å². The molecule has 12 heteroatoms. The van der Waals surface area contributed by atoms with E-state index in [1.807, 2.05) is 0 Å². The smallest absolute Gasteiger partial charge is 0.405 e. The number of ether oxygens (including phenoxy) is 1. The van der Waals surface area contributed by atoms with Gasteiger partial charge in [0.05, 0.1) is 10.6 Å². The van der Waals surface area contributed by atoms with Crippen molar-refractivity contribution in [2.75, 3.05) is 6.54 Å². The standard InChI is InChI=1S/C24H18ClF3N4O4/c1-13-19(20(30-35-13)14-7-2-4-9-16(14)25)23(33)32-12-6-10-17(32)22-29-21(31-36-22)15-8-3-5-11-18(15)34-24(26,27)28/h2-5,7-9,11,17H,6,10,12H2,1H3/t17-/m0/s1. The number of rotatable bonds is 5. The lowest BCUT2D eigenvalue weighted by Crippen LogP contribution is -2.31. The van der Waals surface area contributed by atoms with Crippen LogP contribution in [0.1, 0.15) is 40.9 Å². The first-order valence-corrected chi connectivity index (χ1v) is 11.3. The lowest BCUT2D eigenvalue weighted by atomic mass is 10.0. The van der Waals surface area contributed by atoms with Gasteiger partial charge in [-0.25, -0.2) is 0 Å². The zero-order valence-corrected chi connectivity index (χ0v) is 19.5. The third-order valence-corrected chi connectivity index (χ3v) is 6.13.